The number of amides is 1. The number of fused-ring (bicyclic) bond motifs is 3. The molecule has 7 nitrogen and oxygen atoms in total. The van der Waals surface area contributed by atoms with Crippen LogP contribution in [-0.2, 0) is 4.79 Å². The van der Waals surface area contributed by atoms with Crippen LogP contribution in [0.5, 0.6) is 5.75 Å². The van der Waals surface area contributed by atoms with E-state index in [9.17, 15) is 9.90 Å². The number of H-pyrrole nitrogens is 1. The fraction of sp³-hybridized carbons (Fsp3) is 0.0455. The summed E-state index contributed by atoms with van der Waals surface area (Å²) in [4.78, 5) is 17.8. The van der Waals surface area contributed by atoms with Gasteiger partial charge in [-0.2, -0.15) is 5.10 Å². The zero-order chi connectivity index (χ0) is 20.5. The number of nitrogens with one attached hydrogen (secondary N) is 3. The highest BCUT2D eigenvalue weighted by Crippen LogP contribution is 2.32. The fourth-order valence-electron chi connectivity index (χ4n) is 3.34. The summed E-state index contributed by atoms with van der Waals surface area (Å²) < 4.78 is 0.966. The van der Waals surface area contributed by atoms with Gasteiger partial charge in [0.2, 0.25) is 0 Å². The van der Waals surface area contributed by atoms with Gasteiger partial charge in [-0.15, -0.1) is 0 Å². The third-order valence-electron chi connectivity index (χ3n) is 4.76. The Morgan fingerprint density at radius 2 is 1.93 bits per heavy atom. The second-order valence-corrected chi connectivity index (χ2v) is 7.79. The van der Waals surface area contributed by atoms with Crippen molar-refractivity contribution in [2.75, 3.05) is 10.6 Å². The van der Waals surface area contributed by atoms with Gasteiger partial charge in [0.05, 0.1) is 21.9 Å². The smallest absolute Gasteiger partial charge is 0.253 e. The van der Waals surface area contributed by atoms with Gasteiger partial charge < -0.3 is 10.4 Å². The van der Waals surface area contributed by atoms with E-state index in [2.05, 4.69) is 25.8 Å². The molecule has 0 aliphatic rings. The fourth-order valence-corrected chi connectivity index (χ4v) is 4.32. The predicted octanol–water partition coefficient (Wildman–Crippen LogP) is 4.67. The van der Waals surface area contributed by atoms with E-state index in [1.807, 2.05) is 42.5 Å². The molecular weight excluding hydrogens is 398 g/mol. The third kappa shape index (κ3) is 3.44. The molecule has 4 N–H and O–H groups in total. The maximum absolute atomic E-state index is 13.2. The molecule has 0 spiro atoms. The Morgan fingerprint density at radius 3 is 2.77 bits per heavy atom. The Kier molecular flexibility index (Phi) is 4.53. The van der Waals surface area contributed by atoms with Crippen LogP contribution in [0.15, 0.2) is 72.9 Å². The Bertz CT molecular complexity index is 1350. The quantitative estimate of drug-likeness (QED) is 0.334. The van der Waals surface area contributed by atoms with E-state index in [1.54, 1.807) is 30.5 Å². The molecule has 148 valence electrons. The maximum Gasteiger partial charge on any atom is 0.253 e. The number of nitrogens with zero attached hydrogens (tertiary/aromatic N) is 2. The van der Waals surface area contributed by atoms with Crippen LogP contribution >= 0.6 is 11.3 Å². The first-order chi connectivity index (χ1) is 14.7. The number of carbonyl (C=O) groups is 1. The first-order valence-corrected chi connectivity index (χ1v) is 10.1. The SMILES string of the molecule is O=C(Nc1nc2ccc3[nH]ncc3c2s1)C(Nc1cccc(O)c1)c1ccccc1. The van der Waals surface area contributed by atoms with Crippen LogP contribution < -0.4 is 10.6 Å². The number of aromatic hydroxyl groups is 1. The van der Waals surface area contributed by atoms with Gasteiger partial charge in [-0.25, -0.2) is 4.98 Å². The van der Waals surface area contributed by atoms with Crippen molar-refractivity contribution in [2.24, 2.45) is 0 Å². The molecule has 1 amide bonds. The van der Waals surface area contributed by atoms with Crippen LogP contribution in [0.1, 0.15) is 11.6 Å². The molecule has 8 heteroatoms. The number of carbonyl (C=O) groups excluding carboxylic acids is 1. The Labute approximate surface area is 175 Å². The van der Waals surface area contributed by atoms with Crippen LogP contribution in [0.2, 0.25) is 0 Å². The van der Waals surface area contributed by atoms with Crippen molar-refractivity contribution in [2.45, 2.75) is 6.04 Å². The molecule has 2 heterocycles. The number of aromatic amines is 1. The minimum Gasteiger partial charge on any atom is -0.508 e. The summed E-state index contributed by atoms with van der Waals surface area (Å²) in [5, 5.41) is 24.4. The minimum absolute atomic E-state index is 0.127. The summed E-state index contributed by atoms with van der Waals surface area (Å²) in [6, 6.07) is 19.3. The molecule has 0 aliphatic heterocycles. The molecule has 0 radical (unpaired) electrons. The van der Waals surface area contributed by atoms with Crippen LogP contribution in [0.3, 0.4) is 0 Å². The van der Waals surface area contributed by atoms with E-state index < -0.39 is 6.04 Å². The molecule has 1 unspecified atom stereocenters. The number of anilines is 2. The summed E-state index contributed by atoms with van der Waals surface area (Å²) in [6.45, 7) is 0. The summed E-state index contributed by atoms with van der Waals surface area (Å²) >= 11 is 1.41. The molecule has 2 aromatic heterocycles. The predicted molar refractivity (Wildman–Crippen MR) is 119 cm³/mol. The molecule has 30 heavy (non-hydrogen) atoms. The van der Waals surface area contributed by atoms with Gasteiger partial charge in [-0.3, -0.25) is 15.2 Å². The highest BCUT2D eigenvalue weighted by atomic mass is 32.1. The zero-order valence-corrected chi connectivity index (χ0v) is 16.5. The Hall–Kier alpha value is -3.91. The van der Waals surface area contributed by atoms with E-state index in [0.29, 0.717) is 10.8 Å². The van der Waals surface area contributed by atoms with Gasteiger partial charge in [0.25, 0.3) is 5.91 Å². The standard InChI is InChI=1S/C22H17N5O2S/c28-15-8-4-7-14(11-15)24-19(13-5-2-1-3-6-13)21(29)26-22-25-18-10-9-17-16(12-23-27-17)20(18)30-22/h1-12,19,24,28H,(H,23,27)(H,25,26,29). The lowest BCUT2D eigenvalue weighted by atomic mass is 10.1. The van der Waals surface area contributed by atoms with E-state index in [1.165, 1.54) is 11.3 Å². The first kappa shape index (κ1) is 18.1. The Balaban J connectivity index is 1.46. The average molecular weight is 415 g/mol. The van der Waals surface area contributed by atoms with Gasteiger partial charge in [0.15, 0.2) is 5.13 Å². The van der Waals surface area contributed by atoms with E-state index in [4.69, 9.17) is 0 Å². The summed E-state index contributed by atoms with van der Waals surface area (Å²) in [6.07, 6.45) is 1.76. The first-order valence-electron chi connectivity index (χ1n) is 9.31. The average Bonchev–Trinajstić information content (AvgIpc) is 3.38. The van der Waals surface area contributed by atoms with Crippen molar-refractivity contribution < 1.29 is 9.90 Å². The molecule has 0 fully saturated rings. The number of phenols is 1. The number of phenolic OH excluding ortho intramolecular Hbond substituents is 1. The highest BCUT2D eigenvalue weighted by molar-refractivity contribution is 7.23. The number of benzene rings is 3. The number of hydrogen-bond donors (Lipinski definition) is 4. The molecule has 1 atom stereocenters. The molecule has 0 aliphatic carbocycles. The second kappa shape index (κ2) is 7.49. The molecule has 0 saturated heterocycles. The van der Waals surface area contributed by atoms with Crippen molar-refractivity contribution in [1.82, 2.24) is 15.2 Å². The van der Waals surface area contributed by atoms with Gasteiger partial charge in [-0.05, 0) is 29.8 Å². The van der Waals surface area contributed by atoms with Crippen molar-refractivity contribution in [3.63, 3.8) is 0 Å². The highest BCUT2D eigenvalue weighted by Gasteiger charge is 2.22. The minimum atomic E-state index is -0.658. The summed E-state index contributed by atoms with van der Waals surface area (Å²) in [5.41, 5.74) is 3.18. The van der Waals surface area contributed by atoms with Crippen LogP contribution in [0.4, 0.5) is 10.8 Å². The Morgan fingerprint density at radius 1 is 1.07 bits per heavy atom. The van der Waals surface area contributed by atoms with E-state index in [-0.39, 0.29) is 11.7 Å². The molecular formula is C22H17N5O2S. The third-order valence-corrected chi connectivity index (χ3v) is 5.78. The molecule has 5 aromatic rings. The largest absolute Gasteiger partial charge is 0.508 e. The number of rotatable bonds is 5. The van der Waals surface area contributed by atoms with Crippen molar-refractivity contribution in [1.29, 1.82) is 0 Å². The zero-order valence-electron chi connectivity index (χ0n) is 15.7. The monoisotopic (exact) mass is 415 g/mol. The lowest BCUT2D eigenvalue weighted by Gasteiger charge is -2.19. The van der Waals surface area contributed by atoms with Gasteiger partial charge in [0, 0.05) is 17.1 Å². The summed E-state index contributed by atoms with van der Waals surface area (Å²) in [5.74, 6) is -0.116. The van der Waals surface area contributed by atoms with Gasteiger partial charge in [0.1, 0.15) is 11.8 Å². The van der Waals surface area contributed by atoms with Gasteiger partial charge >= 0.3 is 0 Å². The number of hydrogen-bond acceptors (Lipinski definition) is 6. The second-order valence-electron chi connectivity index (χ2n) is 6.79. The summed E-state index contributed by atoms with van der Waals surface area (Å²) in [7, 11) is 0. The topological polar surface area (TPSA) is 103 Å². The van der Waals surface area contributed by atoms with Crippen molar-refractivity contribution in [3.05, 3.63) is 78.5 Å². The van der Waals surface area contributed by atoms with E-state index >= 15 is 0 Å². The lowest BCUT2D eigenvalue weighted by molar-refractivity contribution is -0.117. The van der Waals surface area contributed by atoms with Crippen molar-refractivity contribution >= 4 is 49.2 Å². The maximum atomic E-state index is 13.2. The number of thiazole rings is 1. The van der Waals surface area contributed by atoms with Gasteiger partial charge in [-0.1, -0.05) is 47.7 Å². The molecule has 0 bridgehead atoms. The number of aromatic nitrogens is 3. The molecule has 3 aromatic carbocycles. The van der Waals surface area contributed by atoms with Crippen LogP contribution in [-0.4, -0.2) is 26.2 Å². The van der Waals surface area contributed by atoms with Crippen LogP contribution in [0, 0.1) is 0 Å². The molecule has 0 saturated carbocycles. The normalized spacial score (nSPS) is 12.1. The van der Waals surface area contributed by atoms with Crippen LogP contribution in [0.25, 0.3) is 21.1 Å². The van der Waals surface area contributed by atoms with Crippen molar-refractivity contribution in [3.8, 4) is 5.75 Å². The molecule has 5 rings (SSSR count). The lowest BCUT2D eigenvalue weighted by Crippen LogP contribution is -2.27. The van der Waals surface area contributed by atoms with E-state index in [0.717, 1.165) is 26.7 Å².